The molecule has 0 heterocycles. The zero-order chi connectivity index (χ0) is 32.5. The van der Waals surface area contributed by atoms with Crippen LogP contribution in [-0.4, -0.2) is 0 Å². The molecule has 12 aromatic carbocycles. The van der Waals surface area contributed by atoms with E-state index in [9.17, 15) is 0 Å². The molecule has 0 aliphatic carbocycles. The molecule has 12 rings (SSSR count). The monoisotopic (exact) mass is 628 g/mol. The van der Waals surface area contributed by atoms with Crippen LogP contribution < -0.4 is 0 Å². The largest absolute Gasteiger partial charge is 0.0616 e. The number of hydrogen-bond acceptors (Lipinski definition) is 0. The van der Waals surface area contributed by atoms with Crippen molar-refractivity contribution in [2.24, 2.45) is 0 Å². The summed E-state index contributed by atoms with van der Waals surface area (Å²) in [5, 5.41) is 26.2. The van der Waals surface area contributed by atoms with Crippen molar-refractivity contribution in [3.63, 3.8) is 0 Å². The zero-order valence-electron chi connectivity index (χ0n) is 27.2. The second-order valence-electron chi connectivity index (χ2n) is 14.0. The lowest BCUT2D eigenvalue weighted by Crippen LogP contribution is -1.91. The zero-order valence-corrected chi connectivity index (χ0v) is 27.2. The van der Waals surface area contributed by atoms with Gasteiger partial charge in [-0.25, -0.2) is 0 Å². The van der Waals surface area contributed by atoms with Gasteiger partial charge >= 0.3 is 0 Å². The maximum atomic E-state index is 2.48. The lowest BCUT2D eigenvalue weighted by molar-refractivity contribution is 1.72. The van der Waals surface area contributed by atoms with Gasteiger partial charge in [-0.1, -0.05) is 152 Å². The summed E-state index contributed by atoms with van der Waals surface area (Å²) >= 11 is 0. The molecule has 0 bridgehead atoms. The molecule has 0 spiro atoms. The molecule has 0 saturated carbocycles. The highest BCUT2D eigenvalue weighted by Gasteiger charge is 2.19. The number of benzene rings is 12. The molecule has 0 aliphatic rings. The van der Waals surface area contributed by atoms with Gasteiger partial charge in [-0.05, 0) is 137 Å². The Labute approximate surface area is 287 Å². The van der Waals surface area contributed by atoms with E-state index in [2.05, 4.69) is 170 Å². The van der Waals surface area contributed by atoms with Crippen molar-refractivity contribution >= 4 is 108 Å². The summed E-state index contributed by atoms with van der Waals surface area (Å²) in [6.07, 6.45) is 0. The maximum Gasteiger partial charge on any atom is -0.00139 e. The van der Waals surface area contributed by atoms with Crippen molar-refractivity contribution in [2.75, 3.05) is 0 Å². The van der Waals surface area contributed by atoms with Crippen LogP contribution in [0.1, 0.15) is 0 Å². The molecular formula is C50H28. The van der Waals surface area contributed by atoms with Crippen LogP contribution in [0.3, 0.4) is 0 Å². The molecule has 0 heteroatoms. The van der Waals surface area contributed by atoms with Gasteiger partial charge in [-0.15, -0.1) is 0 Å². The highest BCUT2D eigenvalue weighted by atomic mass is 14.2. The Hall–Kier alpha value is -6.50. The van der Waals surface area contributed by atoms with Crippen LogP contribution in [0.2, 0.25) is 0 Å². The summed E-state index contributed by atoms with van der Waals surface area (Å²) in [7, 11) is 0. The second-order valence-corrected chi connectivity index (χ2v) is 14.0. The van der Waals surface area contributed by atoms with E-state index in [1.165, 1.54) is 119 Å². The van der Waals surface area contributed by atoms with Crippen molar-refractivity contribution < 1.29 is 0 Å². The minimum Gasteiger partial charge on any atom is -0.0616 e. The Morgan fingerprint density at radius 3 is 1.44 bits per heavy atom. The Balaban J connectivity index is 1.26. The van der Waals surface area contributed by atoms with E-state index in [0.29, 0.717) is 0 Å². The Morgan fingerprint density at radius 1 is 0.200 bits per heavy atom. The van der Waals surface area contributed by atoms with Crippen LogP contribution in [0, 0.1) is 0 Å². The normalized spacial score (nSPS) is 12.4. The van der Waals surface area contributed by atoms with E-state index < -0.39 is 0 Å². The summed E-state index contributed by atoms with van der Waals surface area (Å²) in [5.41, 5.74) is 2.54. The van der Waals surface area contributed by atoms with Gasteiger partial charge < -0.3 is 0 Å². The van der Waals surface area contributed by atoms with Gasteiger partial charge in [0.15, 0.2) is 0 Å². The number of rotatable bonds is 1. The smallest absolute Gasteiger partial charge is 0.00139 e. The first-order valence-corrected chi connectivity index (χ1v) is 17.5. The van der Waals surface area contributed by atoms with E-state index in [-0.39, 0.29) is 0 Å². The van der Waals surface area contributed by atoms with Crippen molar-refractivity contribution in [1.29, 1.82) is 0 Å². The first kappa shape index (κ1) is 26.5. The summed E-state index contributed by atoms with van der Waals surface area (Å²) in [5.74, 6) is 0. The van der Waals surface area contributed by atoms with Gasteiger partial charge in [0.05, 0.1) is 0 Å². The highest BCUT2D eigenvalue weighted by molar-refractivity contribution is 6.38. The quantitative estimate of drug-likeness (QED) is 0.125. The third kappa shape index (κ3) is 3.45. The molecule has 0 amide bonds. The van der Waals surface area contributed by atoms with E-state index in [4.69, 9.17) is 0 Å². The van der Waals surface area contributed by atoms with E-state index in [0.717, 1.165) is 0 Å². The number of fused-ring (bicyclic) bond motifs is 13. The molecule has 0 radical (unpaired) electrons. The lowest BCUT2D eigenvalue weighted by atomic mass is 9.84. The molecule has 0 fully saturated rings. The average molecular weight is 629 g/mol. The Kier molecular flexibility index (Phi) is 5.06. The van der Waals surface area contributed by atoms with Gasteiger partial charge in [0.2, 0.25) is 0 Å². The predicted octanol–water partition coefficient (Wildman–Crippen LogP) is 14.3. The Bertz CT molecular complexity index is 3410. The molecule has 12 aromatic rings. The molecule has 0 atom stereocenters. The van der Waals surface area contributed by atoms with Crippen molar-refractivity contribution in [1.82, 2.24) is 0 Å². The van der Waals surface area contributed by atoms with Gasteiger partial charge in [0.1, 0.15) is 0 Å². The molecule has 0 aromatic heterocycles. The first-order chi connectivity index (χ1) is 24.8. The highest BCUT2D eigenvalue weighted by Crippen LogP contribution is 2.47. The SMILES string of the molecule is c1ccc2c(c1)ccc1ccc3ccc(-c4cc5cccc6ccc7c8c(ccc9ccc%10ccc%11ccccc%11c%10c98)cc4c7c65)cc3c12. The van der Waals surface area contributed by atoms with Crippen molar-refractivity contribution in [2.45, 2.75) is 0 Å². The standard InChI is InChI=1S/C50H28/c1-3-10-39-29(6-1)12-16-33-17-14-31-15-22-36(26-43(31)46(33)39)42-27-37-9-5-8-32-24-25-41-48-38(28-44(42)50(41)45(32)37)23-21-35-20-19-34-18-13-30-7-2-4-11-40(30)47(34)49(35)48/h1-28H. The predicted molar refractivity (Wildman–Crippen MR) is 218 cm³/mol. The van der Waals surface area contributed by atoms with Crippen molar-refractivity contribution in [3.05, 3.63) is 170 Å². The lowest BCUT2D eigenvalue weighted by Gasteiger charge is -2.19. The van der Waals surface area contributed by atoms with Gasteiger partial charge in [-0.3, -0.25) is 0 Å². The van der Waals surface area contributed by atoms with Crippen LogP contribution in [0.5, 0.6) is 0 Å². The molecular weight excluding hydrogens is 601 g/mol. The summed E-state index contributed by atoms with van der Waals surface area (Å²) in [4.78, 5) is 0. The molecule has 228 valence electrons. The van der Waals surface area contributed by atoms with E-state index in [1.807, 2.05) is 0 Å². The van der Waals surface area contributed by atoms with E-state index in [1.54, 1.807) is 0 Å². The second kappa shape index (κ2) is 9.56. The third-order valence-electron chi connectivity index (χ3n) is 11.5. The maximum absolute atomic E-state index is 2.48. The first-order valence-electron chi connectivity index (χ1n) is 17.5. The summed E-state index contributed by atoms with van der Waals surface area (Å²) in [6.45, 7) is 0. The van der Waals surface area contributed by atoms with Crippen LogP contribution in [0.4, 0.5) is 0 Å². The van der Waals surface area contributed by atoms with Crippen LogP contribution in [0.25, 0.3) is 119 Å². The summed E-state index contributed by atoms with van der Waals surface area (Å²) in [6, 6.07) is 64.0. The molecule has 0 aliphatic heterocycles. The fourth-order valence-electron chi connectivity index (χ4n) is 9.26. The Morgan fingerprint density at radius 2 is 0.680 bits per heavy atom. The topological polar surface area (TPSA) is 0 Å². The number of hydrogen-bond donors (Lipinski definition) is 0. The van der Waals surface area contributed by atoms with Gasteiger partial charge in [-0.2, -0.15) is 0 Å². The van der Waals surface area contributed by atoms with Gasteiger partial charge in [0, 0.05) is 0 Å². The minimum absolute atomic E-state index is 1.25. The fraction of sp³-hybridized carbons (Fsp3) is 0. The fourth-order valence-corrected chi connectivity index (χ4v) is 9.26. The van der Waals surface area contributed by atoms with Crippen LogP contribution >= 0.6 is 0 Å². The van der Waals surface area contributed by atoms with Crippen LogP contribution in [-0.2, 0) is 0 Å². The third-order valence-corrected chi connectivity index (χ3v) is 11.5. The molecule has 50 heavy (non-hydrogen) atoms. The van der Waals surface area contributed by atoms with E-state index >= 15 is 0 Å². The summed E-state index contributed by atoms with van der Waals surface area (Å²) < 4.78 is 0. The molecule has 0 unspecified atom stereocenters. The average Bonchev–Trinajstić information content (AvgIpc) is 3.18. The minimum atomic E-state index is 1.25. The van der Waals surface area contributed by atoms with Crippen LogP contribution in [0.15, 0.2) is 170 Å². The molecule has 0 nitrogen and oxygen atoms in total. The molecule has 0 saturated heterocycles. The molecule has 0 N–H and O–H groups in total. The van der Waals surface area contributed by atoms with Gasteiger partial charge in [0.25, 0.3) is 0 Å². The van der Waals surface area contributed by atoms with Crippen molar-refractivity contribution in [3.8, 4) is 11.1 Å².